The number of fused-ring (bicyclic) bond motifs is 5. The number of amides is 3. The van der Waals surface area contributed by atoms with Crippen molar-refractivity contribution in [1.82, 2.24) is 75.5 Å². The summed E-state index contributed by atoms with van der Waals surface area (Å²) in [6.07, 6.45) is 3.30. The number of hydrogen-bond acceptors (Lipinski definition) is 16. The molecular weight excluding hydrogens is 1300 g/mol. The van der Waals surface area contributed by atoms with E-state index in [4.69, 9.17) is 15.9 Å². The quantitative estimate of drug-likeness (QED) is 0.0574. The summed E-state index contributed by atoms with van der Waals surface area (Å²) in [7, 11) is 1.82. The lowest BCUT2D eigenvalue weighted by Gasteiger charge is -2.03. The van der Waals surface area contributed by atoms with Crippen molar-refractivity contribution in [3.63, 3.8) is 0 Å². The summed E-state index contributed by atoms with van der Waals surface area (Å²) < 4.78 is 73.3. The Labute approximate surface area is 567 Å². The molecule has 0 saturated heterocycles. The van der Waals surface area contributed by atoms with Crippen molar-refractivity contribution in [2.45, 2.75) is 19.8 Å². The number of rotatable bonds is 10. The lowest BCUT2D eigenvalue weighted by atomic mass is 10.1. The SMILES string of the molecule is CC(=O)Nc1ccc2[nH]nc(-c3cccc(F)c3)c2n1.Cn1nc(-c2cccc(F)c2)c2nc(N)ccc21.Nc1ccc2[nH]nc(-c3cccc(F)c3)c2n1.O=C(Nc1ccc2[nH]nc(-c3cccc(F)c3)c2n1)C1CC1.O=C(Nc1ccc2[nH]nc(-c3cccc(F)c3)c2n1)c1ccco1. The van der Waals surface area contributed by atoms with Crippen LogP contribution >= 0.6 is 0 Å². The first-order chi connectivity index (χ1) is 48.9. The van der Waals surface area contributed by atoms with Gasteiger partial charge in [0, 0.05) is 47.7 Å². The molecule has 0 aliphatic heterocycles. The van der Waals surface area contributed by atoms with Crippen molar-refractivity contribution in [2.24, 2.45) is 13.0 Å². The molecule has 1 saturated carbocycles. The maximum Gasteiger partial charge on any atom is 0.292 e. The van der Waals surface area contributed by atoms with Crippen LogP contribution in [-0.2, 0) is 16.6 Å². The highest BCUT2D eigenvalue weighted by Gasteiger charge is 2.30. The number of benzene rings is 5. The minimum atomic E-state index is -0.400. The molecule has 29 heteroatoms. The minimum absolute atomic E-state index is 0.00245. The molecule has 0 spiro atoms. The fourth-order valence-corrected chi connectivity index (χ4v) is 10.5. The fourth-order valence-electron chi connectivity index (χ4n) is 10.5. The van der Waals surface area contributed by atoms with Gasteiger partial charge in [-0.1, -0.05) is 60.7 Å². The summed E-state index contributed by atoms with van der Waals surface area (Å²) >= 11 is 0. The van der Waals surface area contributed by atoms with Gasteiger partial charge < -0.3 is 31.8 Å². The van der Waals surface area contributed by atoms with Crippen LogP contribution in [0.3, 0.4) is 0 Å². The highest BCUT2D eigenvalue weighted by Crippen LogP contribution is 2.34. The average molecular weight is 1360 g/mol. The molecule has 3 amide bonds. The van der Waals surface area contributed by atoms with Crippen LogP contribution < -0.4 is 27.4 Å². The highest BCUT2D eigenvalue weighted by molar-refractivity contribution is 6.03. The van der Waals surface area contributed by atoms with Crippen LogP contribution in [-0.4, -0.2) is 93.2 Å². The molecule has 1 aliphatic carbocycles. The molecule has 101 heavy (non-hydrogen) atoms. The maximum absolute atomic E-state index is 13.4. The molecule has 502 valence electrons. The second kappa shape index (κ2) is 28.8. The van der Waals surface area contributed by atoms with Crippen molar-refractivity contribution in [3.05, 3.63) is 235 Å². The van der Waals surface area contributed by atoms with E-state index in [1.54, 1.807) is 132 Å². The third-order valence-corrected chi connectivity index (χ3v) is 15.4. The molecule has 11 heterocycles. The van der Waals surface area contributed by atoms with Crippen LogP contribution in [0.2, 0.25) is 0 Å². The number of H-pyrrole nitrogens is 4. The van der Waals surface area contributed by atoms with E-state index in [2.05, 4.69) is 86.8 Å². The fraction of sp³-hybridized carbons (Fsp3) is 0.0694. The summed E-state index contributed by atoms with van der Waals surface area (Å²) in [6, 6.07) is 51.6. The molecule has 24 nitrogen and oxygen atoms in total. The number of carbonyl (C=O) groups is 3. The zero-order chi connectivity index (χ0) is 70.3. The Hall–Kier alpha value is -13.9. The van der Waals surface area contributed by atoms with Crippen molar-refractivity contribution in [3.8, 4) is 56.3 Å². The number of anilines is 5. The molecule has 17 rings (SSSR count). The van der Waals surface area contributed by atoms with Crippen LogP contribution in [0.25, 0.3) is 111 Å². The molecule has 0 unspecified atom stereocenters. The largest absolute Gasteiger partial charge is 0.459 e. The first-order valence-corrected chi connectivity index (χ1v) is 30.9. The number of carbonyl (C=O) groups excluding carboxylic acids is 3. The summed E-state index contributed by atoms with van der Waals surface area (Å²) in [5.41, 5.74) is 24.3. The van der Waals surface area contributed by atoms with Crippen molar-refractivity contribution in [1.29, 1.82) is 0 Å². The molecule has 1 fully saturated rings. The predicted octanol–water partition coefficient (Wildman–Crippen LogP) is 14.1. The summed E-state index contributed by atoms with van der Waals surface area (Å²) in [5.74, 6) is 0.198. The number of aryl methyl sites for hydroxylation is 1. The molecule has 1 aliphatic rings. The van der Waals surface area contributed by atoms with E-state index >= 15 is 0 Å². The zero-order valence-corrected chi connectivity index (χ0v) is 53.1. The first kappa shape index (κ1) is 65.8. The van der Waals surface area contributed by atoms with E-state index in [0.717, 1.165) is 34.9 Å². The monoisotopic (exact) mass is 1360 g/mol. The van der Waals surface area contributed by atoms with Crippen molar-refractivity contribution < 1.29 is 40.8 Å². The smallest absolute Gasteiger partial charge is 0.292 e. The molecular formula is C72H55F5N20O4. The van der Waals surface area contributed by atoms with Gasteiger partial charge in [0.2, 0.25) is 11.8 Å². The number of aromatic amines is 4. The van der Waals surface area contributed by atoms with Gasteiger partial charge in [0.25, 0.3) is 5.91 Å². The van der Waals surface area contributed by atoms with Gasteiger partial charge in [-0.2, -0.15) is 25.5 Å². The van der Waals surface area contributed by atoms with Crippen LogP contribution in [0.1, 0.15) is 30.3 Å². The van der Waals surface area contributed by atoms with Crippen LogP contribution in [0, 0.1) is 35.0 Å². The molecule has 11 aromatic heterocycles. The second-order valence-electron chi connectivity index (χ2n) is 22.7. The lowest BCUT2D eigenvalue weighted by molar-refractivity contribution is -0.117. The van der Waals surface area contributed by atoms with Gasteiger partial charge in [-0.05, 0) is 146 Å². The highest BCUT2D eigenvalue weighted by atomic mass is 19.1. The lowest BCUT2D eigenvalue weighted by Crippen LogP contribution is -2.14. The van der Waals surface area contributed by atoms with E-state index in [1.165, 1.54) is 73.9 Å². The number of halogens is 5. The van der Waals surface area contributed by atoms with Crippen LogP contribution in [0.4, 0.5) is 51.0 Å². The van der Waals surface area contributed by atoms with Crippen LogP contribution in [0.15, 0.2) is 205 Å². The van der Waals surface area contributed by atoms with Gasteiger partial charge in [0.05, 0.1) is 33.8 Å². The zero-order valence-electron chi connectivity index (χ0n) is 53.1. The molecule has 0 radical (unpaired) electrons. The molecule has 16 aromatic rings. The number of pyridine rings is 5. The average Bonchev–Trinajstić information content (AvgIpc) is 1.95. The van der Waals surface area contributed by atoms with Crippen molar-refractivity contribution >= 4 is 102 Å². The topological polar surface area (TPSA) is 349 Å². The van der Waals surface area contributed by atoms with E-state index in [0.29, 0.717) is 118 Å². The predicted molar refractivity (Wildman–Crippen MR) is 372 cm³/mol. The van der Waals surface area contributed by atoms with Gasteiger partial charge in [0.1, 0.15) is 114 Å². The molecule has 0 bridgehead atoms. The van der Waals surface area contributed by atoms with Gasteiger partial charge in [-0.3, -0.25) is 39.5 Å². The molecule has 11 N–H and O–H groups in total. The third-order valence-electron chi connectivity index (χ3n) is 15.4. The number of nitrogens with zero attached hydrogens (tertiary/aromatic N) is 11. The standard InChI is InChI=1S/C17H11FN4O2.C16H13FN4O.C14H11FN4O.C13H11FN4.C12H9FN4/c18-11-4-1-3-10(9-11)15-16-12(21-22-15)6-7-14(19-16)20-17(23)13-5-2-8-24-13;17-11-3-1-2-10(8-11)14-15-12(20-21-14)6-7-13(18-15)19-16(22)9-4-5-9;1-8(20)16-12-6-5-11-14(17-12)13(19-18-11)9-3-2-4-10(15)7-9;1-18-10-5-6-11(15)16-13(10)12(17-18)8-3-2-4-9(14)7-8;13-8-3-1-2-7(6-8)11-12-9(16-17-11)4-5-10(14)15-12/h1-9H,(H,21,22)(H,19,20,23);1-3,6-9H,4-5H2,(H,20,21)(H,18,19,22);2-7H,1H3,(H,18,19)(H,16,17,20);2-7H,1H3,(H2,15,16);1-6H,(H2,14,15)(H,16,17). The van der Waals surface area contributed by atoms with Crippen LogP contribution in [0.5, 0.6) is 0 Å². The third kappa shape index (κ3) is 15.4. The van der Waals surface area contributed by atoms with Gasteiger partial charge in [-0.15, -0.1) is 0 Å². The number of furan rings is 1. The normalized spacial score (nSPS) is 11.6. The van der Waals surface area contributed by atoms with E-state index in [-0.39, 0.29) is 52.6 Å². The Bertz CT molecular complexity index is 5730. The Balaban J connectivity index is 0.000000113. The summed E-state index contributed by atoms with van der Waals surface area (Å²) in [5, 5.41) is 40.6. The number of nitrogens with two attached hydrogens (primary N) is 2. The maximum atomic E-state index is 13.4. The van der Waals surface area contributed by atoms with E-state index in [9.17, 15) is 36.3 Å². The molecule has 0 atom stereocenters. The minimum Gasteiger partial charge on any atom is -0.459 e. The van der Waals surface area contributed by atoms with E-state index in [1.807, 2.05) is 13.1 Å². The Morgan fingerprint density at radius 3 is 1.19 bits per heavy atom. The Morgan fingerprint density at radius 1 is 0.436 bits per heavy atom. The second-order valence-corrected chi connectivity index (χ2v) is 22.7. The van der Waals surface area contributed by atoms with Gasteiger partial charge >= 0.3 is 0 Å². The summed E-state index contributed by atoms with van der Waals surface area (Å²) in [4.78, 5) is 56.6. The molecule has 5 aromatic carbocycles. The number of nitrogens with one attached hydrogen (secondary N) is 7. The Kier molecular flexibility index (Phi) is 18.8. The number of hydrogen-bond donors (Lipinski definition) is 9. The number of aromatic nitrogens is 15. The van der Waals surface area contributed by atoms with Gasteiger partial charge in [-0.25, -0.2) is 46.9 Å². The first-order valence-electron chi connectivity index (χ1n) is 30.9. The summed E-state index contributed by atoms with van der Waals surface area (Å²) in [6.45, 7) is 1.41. The Morgan fingerprint density at radius 2 is 0.802 bits per heavy atom. The van der Waals surface area contributed by atoms with Gasteiger partial charge in [0.15, 0.2) is 5.76 Å². The van der Waals surface area contributed by atoms with E-state index < -0.39 is 5.91 Å². The van der Waals surface area contributed by atoms with Crippen molar-refractivity contribution in [2.75, 3.05) is 27.4 Å². The number of nitrogen functional groups attached to an aromatic ring is 2.